The topological polar surface area (TPSA) is 84.8 Å². The molecule has 6 heteroatoms. The van der Waals surface area contributed by atoms with Crippen LogP contribution in [0.5, 0.6) is 0 Å². The summed E-state index contributed by atoms with van der Waals surface area (Å²) in [5.74, 6) is 0. The fraction of sp³-hybridized carbons (Fsp3) is 0.250. The van der Waals surface area contributed by atoms with E-state index in [1.807, 2.05) is 6.92 Å². The van der Waals surface area contributed by atoms with Crippen LogP contribution in [0.25, 0.3) is 0 Å². The van der Waals surface area contributed by atoms with E-state index in [1.165, 1.54) is 0 Å². The highest BCUT2D eigenvalue weighted by atomic mass is 32.1. The predicted molar refractivity (Wildman–Crippen MR) is 40.3 cm³/mol. The van der Waals surface area contributed by atoms with Gasteiger partial charge in [-0.15, -0.1) is 0 Å². The zero-order chi connectivity index (χ0) is 6.85. The molecule has 0 radical (unpaired) electrons. The number of nitrogens with zero attached hydrogens (tertiary/aromatic N) is 1. The van der Waals surface area contributed by atoms with Gasteiger partial charge in [0, 0.05) is 0 Å². The van der Waals surface area contributed by atoms with Crippen molar-refractivity contribution in [2.45, 2.75) is 6.92 Å². The Bertz CT molecular complexity index is 202. The van der Waals surface area contributed by atoms with Gasteiger partial charge in [-0.1, -0.05) is 0 Å². The molecule has 0 saturated carbocycles. The van der Waals surface area contributed by atoms with Crippen molar-refractivity contribution >= 4 is 23.4 Å². The Morgan fingerprint density at radius 3 is 2.40 bits per heavy atom. The maximum absolute atomic E-state index is 8.56. The molecular formula is C4H8BNO3S. The Morgan fingerprint density at radius 2 is 2.20 bits per heavy atom. The molecule has 0 unspecified atom stereocenters. The molecule has 0 fully saturated rings. The Kier molecular flexibility index (Phi) is 3.52. The van der Waals surface area contributed by atoms with Gasteiger partial charge in [0.05, 0.1) is 10.5 Å². The summed E-state index contributed by atoms with van der Waals surface area (Å²) in [7, 11) is -1.36. The molecule has 0 aromatic carbocycles. The van der Waals surface area contributed by atoms with Crippen molar-refractivity contribution in [2.24, 2.45) is 0 Å². The van der Waals surface area contributed by atoms with Gasteiger partial charge in [-0.2, -0.15) is 4.37 Å². The molecule has 4 N–H and O–H groups in total. The summed E-state index contributed by atoms with van der Waals surface area (Å²) >= 11 is 1.11. The van der Waals surface area contributed by atoms with Gasteiger partial charge >= 0.3 is 7.12 Å². The van der Waals surface area contributed by atoms with Crippen LogP contribution >= 0.6 is 11.5 Å². The highest BCUT2D eigenvalue weighted by Crippen LogP contribution is 1.94. The molecule has 1 heterocycles. The van der Waals surface area contributed by atoms with Crippen molar-refractivity contribution in [1.29, 1.82) is 0 Å². The molecule has 0 saturated heterocycles. The lowest BCUT2D eigenvalue weighted by Gasteiger charge is -1.86. The zero-order valence-electron chi connectivity index (χ0n) is 5.40. The first-order valence-electron chi connectivity index (χ1n) is 2.49. The van der Waals surface area contributed by atoms with Crippen molar-refractivity contribution in [3.05, 3.63) is 11.8 Å². The monoisotopic (exact) mass is 161 g/mol. The second-order valence-corrected chi connectivity index (χ2v) is 2.58. The van der Waals surface area contributed by atoms with Crippen LogP contribution in [0.15, 0.2) is 6.07 Å². The Hall–Kier alpha value is -0.425. The van der Waals surface area contributed by atoms with E-state index in [0.29, 0.717) is 4.78 Å². The third kappa shape index (κ3) is 2.07. The largest absolute Gasteiger partial charge is 0.500 e. The Labute approximate surface area is 62.8 Å². The number of hydrogen-bond acceptors (Lipinski definition) is 4. The Balaban J connectivity index is 0.000000810. The standard InChI is InChI=1S/C4H6BNO2S.H2O/c1-3-2-4(5(7)8)9-6-3;/h2,7-8H,1H3;1H2. The lowest BCUT2D eigenvalue weighted by atomic mass is 9.89. The van der Waals surface area contributed by atoms with E-state index in [4.69, 9.17) is 10.0 Å². The summed E-state index contributed by atoms with van der Waals surface area (Å²) in [6, 6.07) is 1.65. The van der Waals surface area contributed by atoms with Crippen LogP contribution in [0, 0.1) is 6.92 Å². The van der Waals surface area contributed by atoms with Crippen molar-refractivity contribution < 1.29 is 15.5 Å². The first-order valence-corrected chi connectivity index (χ1v) is 3.27. The minimum Gasteiger partial charge on any atom is -0.423 e. The molecule has 0 aliphatic heterocycles. The van der Waals surface area contributed by atoms with Crippen LogP contribution in [0.3, 0.4) is 0 Å². The fourth-order valence-electron chi connectivity index (χ4n) is 0.505. The van der Waals surface area contributed by atoms with Crippen LogP contribution in [0.2, 0.25) is 0 Å². The van der Waals surface area contributed by atoms with Crippen molar-refractivity contribution in [1.82, 2.24) is 4.37 Å². The summed E-state index contributed by atoms with van der Waals surface area (Å²) in [6.45, 7) is 1.81. The summed E-state index contributed by atoms with van der Waals surface area (Å²) in [6.07, 6.45) is 0. The van der Waals surface area contributed by atoms with E-state index in [2.05, 4.69) is 4.37 Å². The minimum atomic E-state index is -1.36. The molecule has 0 aliphatic carbocycles. The molecule has 56 valence electrons. The molecule has 0 aliphatic rings. The highest BCUT2D eigenvalue weighted by molar-refractivity contribution is 7.17. The van der Waals surface area contributed by atoms with Crippen molar-refractivity contribution in [3.8, 4) is 0 Å². The number of rotatable bonds is 1. The van der Waals surface area contributed by atoms with Gasteiger partial charge < -0.3 is 15.5 Å². The maximum Gasteiger partial charge on any atom is 0.500 e. The SMILES string of the molecule is Cc1cc(B(O)O)sn1.O. The van der Waals surface area contributed by atoms with Crippen molar-refractivity contribution in [3.63, 3.8) is 0 Å². The third-order valence-corrected chi connectivity index (χ3v) is 1.82. The van der Waals surface area contributed by atoms with E-state index < -0.39 is 7.12 Å². The molecule has 1 aromatic heterocycles. The minimum absolute atomic E-state index is 0. The fourth-order valence-corrected chi connectivity index (χ4v) is 1.12. The first-order chi connectivity index (χ1) is 4.20. The zero-order valence-corrected chi connectivity index (χ0v) is 6.22. The second kappa shape index (κ2) is 3.67. The molecule has 0 bridgehead atoms. The summed E-state index contributed by atoms with van der Waals surface area (Å²) in [4.78, 5) is 0. The molecule has 4 nitrogen and oxygen atoms in total. The van der Waals surface area contributed by atoms with E-state index in [1.54, 1.807) is 6.07 Å². The van der Waals surface area contributed by atoms with Gasteiger partial charge in [-0.25, -0.2) is 0 Å². The highest BCUT2D eigenvalue weighted by Gasteiger charge is 2.12. The van der Waals surface area contributed by atoms with Gasteiger partial charge in [0.25, 0.3) is 0 Å². The van der Waals surface area contributed by atoms with Crippen LogP contribution in [-0.4, -0.2) is 27.0 Å². The van der Waals surface area contributed by atoms with Gasteiger partial charge in [0.1, 0.15) is 0 Å². The Morgan fingerprint density at radius 1 is 1.60 bits per heavy atom. The van der Waals surface area contributed by atoms with Crippen LogP contribution in [0.1, 0.15) is 5.69 Å². The van der Waals surface area contributed by atoms with E-state index in [9.17, 15) is 0 Å². The van der Waals surface area contributed by atoms with E-state index >= 15 is 0 Å². The van der Waals surface area contributed by atoms with Gasteiger partial charge in [0.2, 0.25) is 0 Å². The van der Waals surface area contributed by atoms with E-state index in [-0.39, 0.29) is 5.48 Å². The predicted octanol–water partition coefficient (Wildman–Crippen LogP) is -1.69. The molecule has 1 aromatic rings. The first kappa shape index (κ1) is 9.57. The van der Waals surface area contributed by atoms with Crippen LogP contribution in [0.4, 0.5) is 0 Å². The van der Waals surface area contributed by atoms with Gasteiger partial charge in [0.15, 0.2) is 0 Å². The number of aromatic nitrogens is 1. The number of hydrogen-bond donors (Lipinski definition) is 2. The quantitative estimate of drug-likeness (QED) is 0.481. The molecule has 0 spiro atoms. The normalized spacial score (nSPS) is 8.70. The third-order valence-electron chi connectivity index (χ3n) is 0.901. The summed E-state index contributed by atoms with van der Waals surface area (Å²) in [5.41, 5.74) is 0.822. The average molecular weight is 161 g/mol. The molecule has 1 rings (SSSR count). The molecule has 0 atom stereocenters. The molecule has 10 heavy (non-hydrogen) atoms. The van der Waals surface area contributed by atoms with Crippen LogP contribution < -0.4 is 4.78 Å². The number of aryl methyl sites for hydroxylation is 1. The molecular weight excluding hydrogens is 153 g/mol. The lowest BCUT2D eigenvalue weighted by Crippen LogP contribution is -2.26. The van der Waals surface area contributed by atoms with Crippen LogP contribution in [-0.2, 0) is 0 Å². The average Bonchev–Trinajstić information content (AvgIpc) is 2.14. The van der Waals surface area contributed by atoms with Gasteiger partial charge in [-0.05, 0) is 24.5 Å². The maximum atomic E-state index is 8.56. The summed E-state index contributed by atoms with van der Waals surface area (Å²) < 4.78 is 4.35. The summed E-state index contributed by atoms with van der Waals surface area (Å²) in [5, 5.41) is 17.1. The molecule has 0 amide bonds. The van der Waals surface area contributed by atoms with E-state index in [0.717, 1.165) is 17.2 Å². The van der Waals surface area contributed by atoms with Gasteiger partial charge in [-0.3, -0.25) is 0 Å². The second-order valence-electron chi connectivity index (χ2n) is 1.74. The smallest absolute Gasteiger partial charge is 0.423 e. The van der Waals surface area contributed by atoms with Crippen molar-refractivity contribution in [2.75, 3.05) is 0 Å². The lowest BCUT2D eigenvalue weighted by molar-refractivity contribution is 0.427.